The zero-order valence-electron chi connectivity index (χ0n) is 7.17. The summed E-state index contributed by atoms with van der Waals surface area (Å²) in [7, 11) is 4.35. The van der Waals surface area contributed by atoms with Crippen molar-refractivity contribution in [2.24, 2.45) is 0 Å². The molecule has 10 heavy (non-hydrogen) atoms. The second kappa shape index (κ2) is 5.65. The molecule has 3 heteroatoms. The van der Waals surface area contributed by atoms with E-state index in [9.17, 15) is 0 Å². The lowest BCUT2D eigenvalue weighted by atomic mass is 10.3. The lowest BCUT2D eigenvalue weighted by Crippen LogP contribution is -2.40. The van der Waals surface area contributed by atoms with Gasteiger partial charge < -0.3 is 15.1 Å². The third-order valence-corrected chi connectivity index (χ3v) is 1.78. The number of quaternary nitrogens is 1. The SMILES string of the molecule is CC[N+](C)(C)CCCO.[OH-]. The van der Waals surface area contributed by atoms with Gasteiger partial charge in [0.1, 0.15) is 0 Å². The zero-order valence-corrected chi connectivity index (χ0v) is 7.17. The number of hydrogen-bond donors (Lipinski definition) is 1. The third-order valence-electron chi connectivity index (χ3n) is 1.78. The zero-order chi connectivity index (χ0) is 7.33. The fourth-order valence-corrected chi connectivity index (χ4v) is 0.657. The van der Waals surface area contributed by atoms with Gasteiger partial charge in [-0.2, -0.15) is 0 Å². The van der Waals surface area contributed by atoms with Crippen molar-refractivity contribution >= 4 is 0 Å². The molecule has 0 aromatic rings. The predicted octanol–water partition coefficient (Wildman–Crippen LogP) is 0.288. The van der Waals surface area contributed by atoms with Crippen molar-refractivity contribution in [1.29, 1.82) is 0 Å². The average molecular weight is 149 g/mol. The van der Waals surface area contributed by atoms with E-state index in [1.165, 1.54) is 0 Å². The summed E-state index contributed by atoms with van der Waals surface area (Å²) in [5, 5.41) is 8.52. The van der Waals surface area contributed by atoms with Crippen LogP contribution in [0.15, 0.2) is 0 Å². The van der Waals surface area contributed by atoms with Gasteiger partial charge in [-0.25, -0.2) is 0 Å². The molecule has 0 rings (SSSR count). The first-order valence-corrected chi connectivity index (χ1v) is 3.55. The topological polar surface area (TPSA) is 50.2 Å². The normalized spacial score (nSPS) is 10.8. The van der Waals surface area contributed by atoms with Gasteiger partial charge in [0, 0.05) is 13.0 Å². The molecule has 0 radical (unpaired) electrons. The first-order valence-electron chi connectivity index (χ1n) is 3.55. The summed E-state index contributed by atoms with van der Waals surface area (Å²) in [6.45, 7) is 4.70. The van der Waals surface area contributed by atoms with E-state index >= 15 is 0 Å². The van der Waals surface area contributed by atoms with Crippen LogP contribution >= 0.6 is 0 Å². The molecule has 0 aliphatic carbocycles. The molecule has 0 fully saturated rings. The highest BCUT2D eigenvalue weighted by atomic mass is 16.3. The Balaban J connectivity index is 0. The minimum atomic E-state index is 0. The number of aliphatic hydroxyl groups excluding tert-OH is 1. The molecule has 0 saturated carbocycles. The number of rotatable bonds is 4. The summed E-state index contributed by atoms with van der Waals surface area (Å²) in [6.07, 6.45) is 0.918. The van der Waals surface area contributed by atoms with Crippen LogP contribution in [-0.2, 0) is 0 Å². The Hall–Kier alpha value is -0.120. The monoisotopic (exact) mass is 149 g/mol. The van der Waals surface area contributed by atoms with Crippen LogP contribution in [0.4, 0.5) is 0 Å². The number of nitrogens with zero attached hydrogens (tertiary/aromatic N) is 1. The van der Waals surface area contributed by atoms with Crippen LogP contribution in [0.25, 0.3) is 0 Å². The summed E-state index contributed by atoms with van der Waals surface area (Å²) < 4.78 is 1.01. The highest BCUT2D eigenvalue weighted by molar-refractivity contribution is 4.31. The Bertz CT molecular complexity index is 74.0. The molecule has 0 amide bonds. The van der Waals surface area contributed by atoms with Crippen molar-refractivity contribution in [2.45, 2.75) is 13.3 Å². The smallest absolute Gasteiger partial charge is 0.0804 e. The summed E-state index contributed by atoms with van der Waals surface area (Å²) >= 11 is 0. The van der Waals surface area contributed by atoms with E-state index in [2.05, 4.69) is 21.0 Å². The van der Waals surface area contributed by atoms with E-state index in [1.54, 1.807) is 0 Å². The molecule has 0 saturated heterocycles. The summed E-state index contributed by atoms with van der Waals surface area (Å²) in [5.41, 5.74) is 0. The molecular formula is C7H19NO2. The van der Waals surface area contributed by atoms with E-state index in [1.807, 2.05) is 0 Å². The maximum atomic E-state index is 8.52. The van der Waals surface area contributed by atoms with Gasteiger partial charge in [-0.1, -0.05) is 0 Å². The Morgan fingerprint density at radius 3 is 2.10 bits per heavy atom. The highest BCUT2D eigenvalue weighted by Crippen LogP contribution is 1.96. The van der Waals surface area contributed by atoms with Crippen molar-refractivity contribution in [1.82, 2.24) is 0 Å². The first kappa shape index (κ1) is 12.5. The van der Waals surface area contributed by atoms with Crippen molar-refractivity contribution in [2.75, 3.05) is 33.8 Å². The van der Waals surface area contributed by atoms with E-state index in [0.29, 0.717) is 6.61 Å². The van der Waals surface area contributed by atoms with Gasteiger partial charge in [-0.3, -0.25) is 0 Å². The van der Waals surface area contributed by atoms with Gasteiger partial charge in [0.2, 0.25) is 0 Å². The van der Waals surface area contributed by atoms with Crippen LogP contribution in [0.5, 0.6) is 0 Å². The quantitative estimate of drug-likeness (QED) is 0.584. The standard InChI is InChI=1S/C7H18NO.H2O/c1-4-8(2,3)6-5-7-9;/h9H,4-7H2,1-3H3;1H2/q+1;/p-1. The van der Waals surface area contributed by atoms with E-state index in [0.717, 1.165) is 24.0 Å². The van der Waals surface area contributed by atoms with E-state index in [-0.39, 0.29) is 5.48 Å². The molecule has 64 valence electrons. The minimum Gasteiger partial charge on any atom is -0.870 e. The molecule has 0 aliphatic heterocycles. The largest absolute Gasteiger partial charge is 0.870 e. The summed E-state index contributed by atoms with van der Waals surface area (Å²) in [4.78, 5) is 0. The fourth-order valence-electron chi connectivity index (χ4n) is 0.657. The van der Waals surface area contributed by atoms with E-state index < -0.39 is 0 Å². The Morgan fingerprint density at radius 2 is 1.80 bits per heavy atom. The van der Waals surface area contributed by atoms with E-state index in [4.69, 9.17) is 5.11 Å². The van der Waals surface area contributed by atoms with Crippen LogP contribution in [0.1, 0.15) is 13.3 Å². The van der Waals surface area contributed by atoms with Gasteiger partial charge in [-0.05, 0) is 6.92 Å². The van der Waals surface area contributed by atoms with Crippen molar-refractivity contribution in [3.8, 4) is 0 Å². The fraction of sp³-hybridized carbons (Fsp3) is 1.00. The predicted molar refractivity (Wildman–Crippen MR) is 41.2 cm³/mol. The molecule has 0 aromatic carbocycles. The number of aliphatic hydroxyl groups is 1. The van der Waals surface area contributed by atoms with Crippen LogP contribution in [0.2, 0.25) is 0 Å². The lowest BCUT2D eigenvalue weighted by Gasteiger charge is -2.27. The molecule has 0 aromatic heterocycles. The Morgan fingerprint density at radius 1 is 1.30 bits per heavy atom. The van der Waals surface area contributed by atoms with Crippen molar-refractivity contribution in [3.05, 3.63) is 0 Å². The molecule has 2 N–H and O–H groups in total. The first-order chi connectivity index (χ1) is 4.12. The van der Waals surface area contributed by atoms with Gasteiger partial charge in [-0.15, -0.1) is 0 Å². The van der Waals surface area contributed by atoms with Crippen LogP contribution < -0.4 is 0 Å². The summed E-state index contributed by atoms with van der Waals surface area (Å²) in [6, 6.07) is 0. The second-order valence-corrected chi connectivity index (χ2v) is 3.05. The second-order valence-electron chi connectivity index (χ2n) is 3.05. The third kappa shape index (κ3) is 6.01. The Labute approximate surface area is 63.2 Å². The van der Waals surface area contributed by atoms with Crippen LogP contribution in [0, 0.1) is 0 Å². The lowest BCUT2D eigenvalue weighted by molar-refractivity contribution is -0.888. The molecule has 0 aliphatic rings. The molecule has 0 bridgehead atoms. The maximum absolute atomic E-state index is 8.52. The van der Waals surface area contributed by atoms with Gasteiger partial charge in [0.05, 0.1) is 27.2 Å². The molecule has 0 unspecified atom stereocenters. The maximum Gasteiger partial charge on any atom is 0.0804 e. The minimum absolute atomic E-state index is 0. The summed E-state index contributed by atoms with van der Waals surface area (Å²) in [5.74, 6) is 0. The highest BCUT2D eigenvalue weighted by Gasteiger charge is 2.09. The van der Waals surface area contributed by atoms with Gasteiger partial charge in [0.25, 0.3) is 0 Å². The molecule has 0 heterocycles. The van der Waals surface area contributed by atoms with Crippen LogP contribution in [-0.4, -0.2) is 48.9 Å². The van der Waals surface area contributed by atoms with Crippen molar-refractivity contribution < 1.29 is 15.1 Å². The van der Waals surface area contributed by atoms with Gasteiger partial charge in [0.15, 0.2) is 0 Å². The van der Waals surface area contributed by atoms with Crippen molar-refractivity contribution in [3.63, 3.8) is 0 Å². The Kier molecular flexibility index (Phi) is 7.09. The average Bonchev–Trinajstić information content (AvgIpc) is 1.84. The van der Waals surface area contributed by atoms with Gasteiger partial charge >= 0.3 is 0 Å². The number of hydrogen-bond acceptors (Lipinski definition) is 2. The molecular weight excluding hydrogens is 130 g/mol. The molecule has 0 atom stereocenters. The molecule has 0 spiro atoms. The van der Waals surface area contributed by atoms with Crippen LogP contribution in [0.3, 0.4) is 0 Å². The molecule has 3 nitrogen and oxygen atoms in total.